The number of hydrogen-bond donors (Lipinski definition) is 3. The maximum atomic E-state index is 10.5. The van der Waals surface area contributed by atoms with E-state index in [0.717, 1.165) is 32.6 Å². The molecule has 0 spiro atoms. The average molecular weight is 520 g/mol. The van der Waals surface area contributed by atoms with Crippen LogP contribution < -0.4 is 15.4 Å². The van der Waals surface area contributed by atoms with Crippen LogP contribution in [0.15, 0.2) is 71.2 Å². The first-order valence-corrected chi connectivity index (χ1v) is 11.4. The summed E-state index contributed by atoms with van der Waals surface area (Å²) in [6.07, 6.45) is 1.76. The van der Waals surface area contributed by atoms with E-state index in [1.807, 2.05) is 55.5 Å². The minimum absolute atomic E-state index is 0.214. The molecular formula is C24H21BrCl2N2O2. The highest BCUT2D eigenvalue weighted by molar-refractivity contribution is 9.10. The third-order valence-electron chi connectivity index (χ3n) is 5.05. The van der Waals surface area contributed by atoms with Crippen molar-refractivity contribution in [2.24, 2.45) is 0 Å². The molecule has 1 aliphatic rings. The molecule has 160 valence electrons. The van der Waals surface area contributed by atoms with Crippen molar-refractivity contribution in [2.45, 2.75) is 19.1 Å². The molecule has 3 aromatic rings. The standard InChI is InChI=1S/C24H21BrCl2N2O2/c1-2-31-17-7-3-14(4-8-17)21-13-22(19-11-15(25)5-10-23(19)30)29-24(28-21)18-9-6-16(26)12-20(18)27/h3-13,22,24,28-30H,2H2,1H3. The molecule has 2 atom stereocenters. The minimum Gasteiger partial charge on any atom is -0.508 e. The van der Waals surface area contributed by atoms with Gasteiger partial charge in [0, 0.05) is 31.3 Å². The third-order valence-corrected chi connectivity index (χ3v) is 6.11. The summed E-state index contributed by atoms with van der Waals surface area (Å²) in [6.45, 7) is 2.58. The third kappa shape index (κ3) is 5.01. The van der Waals surface area contributed by atoms with Gasteiger partial charge in [-0.25, -0.2) is 0 Å². The zero-order valence-corrected chi connectivity index (χ0v) is 19.8. The van der Waals surface area contributed by atoms with Crippen LogP contribution in [-0.2, 0) is 0 Å². The Morgan fingerprint density at radius 2 is 1.77 bits per heavy atom. The molecule has 1 heterocycles. The van der Waals surface area contributed by atoms with E-state index in [2.05, 4.69) is 32.6 Å². The fourth-order valence-electron chi connectivity index (χ4n) is 3.57. The quantitative estimate of drug-likeness (QED) is 0.345. The molecule has 0 saturated heterocycles. The van der Waals surface area contributed by atoms with Crippen molar-refractivity contribution in [1.29, 1.82) is 0 Å². The average Bonchev–Trinajstić information content (AvgIpc) is 2.76. The Morgan fingerprint density at radius 3 is 2.48 bits per heavy atom. The van der Waals surface area contributed by atoms with Gasteiger partial charge >= 0.3 is 0 Å². The van der Waals surface area contributed by atoms with Gasteiger partial charge in [-0.1, -0.05) is 45.2 Å². The number of benzene rings is 3. The van der Waals surface area contributed by atoms with Crippen LogP contribution in [0.25, 0.3) is 5.70 Å². The Bertz CT molecular complexity index is 1120. The predicted molar refractivity (Wildman–Crippen MR) is 130 cm³/mol. The van der Waals surface area contributed by atoms with E-state index >= 15 is 0 Å². The Kier molecular flexibility index (Phi) is 6.77. The van der Waals surface area contributed by atoms with Crippen molar-refractivity contribution in [3.8, 4) is 11.5 Å². The Labute approximate surface area is 200 Å². The molecule has 7 heteroatoms. The van der Waals surface area contributed by atoms with E-state index in [4.69, 9.17) is 27.9 Å². The lowest BCUT2D eigenvalue weighted by Gasteiger charge is -2.34. The molecule has 0 bridgehead atoms. The number of ether oxygens (including phenoxy) is 1. The number of aromatic hydroxyl groups is 1. The fourth-order valence-corrected chi connectivity index (χ4v) is 4.47. The maximum absolute atomic E-state index is 10.5. The fraction of sp³-hybridized carbons (Fsp3) is 0.167. The zero-order chi connectivity index (χ0) is 22.0. The molecule has 1 aliphatic heterocycles. The number of nitrogens with one attached hydrogen (secondary N) is 2. The molecule has 4 rings (SSSR count). The molecule has 31 heavy (non-hydrogen) atoms. The number of rotatable bonds is 5. The molecule has 0 fully saturated rings. The second-order valence-corrected chi connectivity index (χ2v) is 8.89. The second-order valence-electron chi connectivity index (χ2n) is 7.13. The first-order valence-electron chi connectivity index (χ1n) is 9.85. The van der Waals surface area contributed by atoms with Crippen LogP contribution >= 0.6 is 39.1 Å². The Hall–Kier alpha value is -2.18. The summed E-state index contributed by atoms with van der Waals surface area (Å²) in [5, 5.41) is 18.7. The van der Waals surface area contributed by atoms with E-state index in [1.165, 1.54) is 0 Å². The SMILES string of the molecule is CCOc1ccc(C2=CC(c3cc(Br)ccc3O)NC(c3ccc(Cl)cc3Cl)N2)cc1. The number of hydrogen-bond acceptors (Lipinski definition) is 4. The largest absolute Gasteiger partial charge is 0.508 e. The summed E-state index contributed by atoms with van der Waals surface area (Å²) < 4.78 is 6.45. The lowest BCUT2D eigenvalue weighted by molar-refractivity contribution is 0.340. The molecule has 2 unspecified atom stereocenters. The van der Waals surface area contributed by atoms with E-state index < -0.39 is 0 Å². The van der Waals surface area contributed by atoms with Crippen LogP contribution in [0, 0.1) is 0 Å². The summed E-state index contributed by atoms with van der Waals surface area (Å²) in [5.41, 5.74) is 3.54. The first kappa shape index (κ1) is 22.0. The topological polar surface area (TPSA) is 53.5 Å². The molecule has 4 nitrogen and oxygen atoms in total. The Morgan fingerprint density at radius 1 is 1.00 bits per heavy atom. The number of phenols is 1. The summed E-state index contributed by atoms with van der Waals surface area (Å²) in [6, 6.07) is 18.5. The van der Waals surface area contributed by atoms with Crippen molar-refractivity contribution in [3.63, 3.8) is 0 Å². The van der Waals surface area contributed by atoms with Crippen molar-refractivity contribution >= 4 is 44.8 Å². The number of halogens is 3. The van der Waals surface area contributed by atoms with Crippen LogP contribution in [0.4, 0.5) is 0 Å². The van der Waals surface area contributed by atoms with Gasteiger partial charge in [-0.05, 0) is 73.2 Å². The summed E-state index contributed by atoms with van der Waals surface area (Å²) in [5.74, 6) is 1.03. The van der Waals surface area contributed by atoms with Crippen LogP contribution in [0.3, 0.4) is 0 Å². The first-order chi connectivity index (χ1) is 14.9. The van der Waals surface area contributed by atoms with E-state index in [-0.39, 0.29) is 18.0 Å². The van der Waals surface area contributed by atoms with Gasteiger partial charge in [-0.3, -0.25) is 5.32 Å². The van der Waals surface area contributed by atoms with Gasteiger partial charge in [0.05, 0.1) is 12.6 Å². The van der Waals surface area contributed by atoms with Crippen molar-refractivity contribution in [1.82, 2.24) is 10.6 Å². The molecule has 3 N–H and O–H groups in total. The van der Waals surface area contributed by atoms with Crippen LogP contribution in [-0.4, -0.2) is 11.7 Å². The van der Waals surface area contributed by atoms with Gasteiger partial charge in [0.25, 0.3) is 0 Å². The number of phenolic OH excluding ortho intramolecular Hbond substituents is 1. The summed E-state index contributed by atoms with van der Waals surface area (Å²) >= 11 is 16.1. The van der Waals surface area contributed by atoms with Gasteiger partial charge in [0.15, 0.2) is 0 Å². The predicted octanol–water partition coefficient (Wildman–Crippen LogP) is 6.83. The smallest absolute Gasteiger partial charge is 0.120 e. The van der Waals surface area contributed by atoms with Gasteiger partial charge in [0.2, 0.25) is 0 Å². The normalized spacial score (nSPS) is 18.3. The summed E-state index contributed by atoms with van der Waals surface area (Å²) in [7, 11) is 0. The van der Waals surface area contributed by atoms with E-state index in [9.17, 15) is 5.11 Å². The van der Waals surface area contributed by atoms with Gasteiger partial charge in [0.1, 0.15) is 17.7 Å². The highest BCUT2D eigenvalue weighted by Crippen LogP contribution is 2.36. The van der Waals surface area contributed by atoms with E-state index in [0.29, 0.717) is 16.7 Å². The van der Waals surface area contributed by atoms with Crippen LogP contribution in [0.2, 0.25) is 10.0 Å². The monoisotopic (exact) mass is 518 g/mol. The van der Waals surface area contributed by atoms with Gasteiger partial charge in [-0.15, -0.1) is 0 Å². The molecule has 3 aromatic carbocycles. The maximum Gasteiger partial charge on any atom is 0.120 e. The zero-order valence-electron chi connectivity index (χ0n) is 16.7. The lowest BCUT2D eigenvalue weighted by Crippen LogP contribution is -2.39. The molecule has 0 amide bonds. The van der Waals surface area contributed by atoms with Crippen LogP contribution in [0.5, 0.6) is 11.5 Å². The summed E-state index contributed by atoms with van der Waals surface area (Å²) in [4.78, 5) is 0. The highest BCUT2D eigenvalue weighted by Gasteiger charge is 2.27. The molecule has 0 aromatic heterocycles. The lowest BCUT2D eigenvalue weighted by atomic mass is 9.98. The van der Waals surface area contributed by atoms with Gasteiger partial charge in [-0.2, -0.15) is 0 Å². The second kappa shape index (κ2) is 9.53. The van der Waals surface area contributed by atoms with Crippen LogP contribution in [0.1, 0.15) is 35.8 Å². The van der Waals surface area contributed by atoms with Crippen molar-refractivity contribution < 1.29 is 9.84 Å². The van der Waals surface area contributed by atoms with Crippen molar-refractivity contribution in [3.05, 3.63) is 97.9 Å². The van der Waals surface area contributed by atoms with E-state index in [1.54, 1.807) is 12.1 Å². The minimum atomic E-state index is -0.292. The van der Waals surface area contributed by atoms with Crippen molar-refractivity contribution in [2.75, 3.05) is 6.61 Å². The van der Waals surface area contributed by atoms with Gasteiger partial charge < -0.3 is 15.2 Å². The molecule has 0 radical (unpaired) electrons. The molecular weight excluding hydrogens is 499 g/mol. The highest BCUT2D eigenvalue weighted by atomic mass is 79.9. The molecule has 0 saturated carbocycles. The Balaban J connectivity index is 1.75. The molecule has 0 aliphatic carbocycles.